The number of aryl methyl sites for hydroxylation is 2. The Kier molecular flexibility index (Phi) is 5.05. The topological polar surface area (TPSA) is 26.3 Å². The van der Waals surface area contributed by atoms with Crippen molar-refractivity contribution in [1.29, 1.82) is 0 Å². The van der Waals surface area contributed by atoms with Crippen molar-refractivity contribution < 1.29 is 9.53 Å². The molecule has 0 spiro atoms. The Morgan fingerprint density at radius 2 is 1.70 bits per heavy atom. The summed E-state index contributed by atoms with van der Waals surface area (Å²) in [6, 6.07) is 12.6. The lowest BCUT2D eigenvalue weighted by Gasteiger charge is -2.07. The Hall–Kier alpha value is -1.51. The molecule has 20 heavy (non-hydrogen) atoms. The zero-order valence-electron chi connectivity index (χ0n) is 11.0. The van der Waals surface area contributed by atoms with Gasteiger partial charge in [-0.2, -0.15) is 0 Å². The zero-order valence-corrected chi connectivity index (χ0v) is 12.5. The van der Waals surface area contributed by atoms with Crippen LogP contribution in [0.2, 0.25) is 10.0 Å². The largest absolute Gasteiger partial charge is 0.426 e. The highest BCUT2D eigenvalue weighted by atomic mass is 35.5. The van der Waals surface area contributed by atoms with Crippen molar-refractivity contribution in [3.63, 3.8) is 0 Å². The summed E-state index contributed by atoms with van der Waals surface area (Å²) in [7, 11) is 0. The molecule has 0 saturated heterocycles. The van der Waals surface area contributed by atoms with Gasteiger partial charge in [0.05, 0.1) is 0 Å². The highest BCUT2D eigenvalue weighted by molar-refractivity contribution is 6.30. The Labute approximate surface area is 128 Å². The van der Waals surface area contributed by atoms with Gasteiger partial charge in [-0.1, -0.05) is 35.3 Å². The van der Waals surface area contributed by atoms with Crippen LogP contribution in [0.4, 0.5) is 0 Å². The van der Waals surface area contributed by atoms with Crippen LogP contribution in [0.1, 0.15) is 17.5 Å². The Morgan fingerprint density at radius 1 is 1.05 bits per heavy atom. The van der Waals surface area contributed by atoms with Crippen molar-refractivity contribution in [2.75, 3.05) is 0 Å². The van der Waals surface area contributed by atoms with E-state index in [9.17, 15) is 4.79 Å². The first-order valence-electron chi connectivity index (χ1n) is 6.26. The molecule has 0 aromatic heterocycles. The molecule has 2 rings (SSSR count). The number of hydrogen-bond donors (Lipinski definition) is 0. The minimum Gasteiger partial charge on any atom is -0.426 e. The molecule has 0 aliphatic carbocycles. The molecular formula is C16H14Cl2O2. The summed E-state index contributed by atoms with van der Waals surface area (Å²) in [6.45, 7) is 1.85. The van der Waals surface area contributed by atoms with E-state index in [0.29, 0.717) is 28.6 Å². The first kappa shape index (κ1) is 14.9. The van der Waals surface area contributed by atoms with Crippen LogP contribution >= 0.6 is 23.2 Å². The van der Waals surface area contributed by atoms with E-state index >= 15 is 0 Å². The standard InChI is InChI=1S/C16H14Cl2O2/c1-11-10-14(18)7-8-15(11)20-16(19)9-4-12-2-5-13(17)6-3-12/h2-3,5-8,10H,4,9H2,1H3. The lowest BCUT2D eigenvalue weighted by atomic mass is 10.1. The summed E-state index contributed by atoms with van der Waals surface area (Å²) in [4.78, 5) is 11.8. The lowest BCUT2D eigenvalue weighted by molar-refractivity contribution is -0.134. The number of halogens is 2. The molecule has 0 atom stereocenters. The summed E-state index contributed by atoms with van der Waals surface area (Å²) in [5.41, 5.74) is 1.90. The maximum atomic E-state index is 11.8. The van der Waals surface area contributed by atoms with E-state index in [1.54, 1.807) is 18.2 Å². The van der Waals surface area contributed by atoms with Crippen LogP contribution < -0.4 is 4.74 Å². The van der Waals surface area contributed by atoms with Crippen LogP contribution in [0.5, 0.6) is 5.75 Å². The number of benzene rings is 2. The second-order valence-electron chi connectivity index (χ2n) is 4.51. The van der Waals surface area contributed by atoms with Gasteiger partial charge in [0.2, 0.25) is 0 Å². The second kappa shape index (κ2) is 6.78. The summed E-state index contributed by atoms with van der Waals surface area (Å²) in [6.07, 6.45) is 0.951. The van der Waals surface area contributed by atoms with Crippen LogP contribution in [-0.4, -0.2) is 5.97 Å². The van der Waals surface area contributed by atoms with Gasteiger partial charge in [-0.05, 0) is 54.8 Å². The van der Waals surface area contributed by atoms with E-state index in [0.717, 1.165) is 11.1 Å². The van der Waals surface area contributed by atoms with E-state index in [2.05, 4.69) is 0 Å². The fourth-order valence-electron chi connectivity index (χ4n) is 1.80. The van der Waals surface area contributed by atoms with Gasteiger partial charge in [-0.25, -0.2) is 0 Å². The third-order valence-electron chi connectivity index (χ3n) is 2.89. The van der Waals surface area contributed by atoms with Crippen molar-refractivity contribution >= 4 is 29.2 Å². The highest BCUT2D eigenvalue weighted by Crippen LogP contribution is 2.22. The summed E-state index contributed by atoms with van der Waals surface area (Å²) < 4.78 is 5.32. The maximum Gasteiger partial charge on any atom is 0.311 e. The van der Waals surface area contributed by atoms with Gasteiger partial charge in [0.25, 0.3) is 0 Å². The van der Waals surface area contributed by atoms with Crippen molar-refractivity contribution in [2.24, 2.45) is 0 Å². The number of ether oxygens (including phenoxy) is 1. The van der Waals surface area contributed by atoms with Gasteiger partial charge < -0.3 is 4.74 Å². The predicted molar refractivity (Wildman–Crippen MR) is 81.6 cm³/mol. The number of rotatable bonds is 4. The molecule has 0 N–H and O–H groups in total. The van der Waals surface area contributed by atoms with Crippen LogP contribution in [0, 0.1) is 6.92 Å². The van der Waals surface area contributed by atoms with E-state index in [-0.39, 0.29) is 5.97 Å². The van der Waals surface area contributed by atoms with E-state index in [1.807, 2.05) is 31.2 Å². The monoisotopic (exact) mass is 308 g/mol. The molecule has 4 heteroatoms. The Bertz CT molecular complexity index is 606. The van der Waals surface area contributed by atoms with E-state index in [1.165, 1.54) is 0 Å². The summed E-state index contributed by atoms with van der Waals surface area (Å²) >= 11 is 11.7. The molecule has 0 heterocycles. The Balaban J connectivity index is 1.90. The maximum absolute atomic E-state index is 11.8. The number of carbonyl (C=O) groups excluding carboxylic acids is 1. The molecule has 0 bridgehead atoms. The minimum absolute atomic E-state index is 0.259. The number of carbonyl (C=O) groups is 1. The molecule has 0 aliphatic heterocycles. The fourth-order valence-corrected chi connectivity index (χ4v) is 2.15. The van der Waals surface area contributed by atoms with Gasteiger partial charge in [0, 0.05) is 16.5 Å². The van der Waals surface area contributed by atoms with E-state index < -0.39 is 0 Å². The summed E-state index contributed by atoms with van der Waals surface area (Å²) in [5, 5.41) is 1.32. The molecule has 104 valence electrons. The zero-order chi connectivity index (χ0) is 14.5. The van der Waals surface area contributed by atoms with Gasteiger partial charge in [-0.15, -0.1) is 0 Å². The van der Waals surface area contributed by atoms with E-state index in [4.69, 9.17) is 27.9 Å². The molecule has 0 radical (unpaired) electrons. The first-order valence-corrected chi connectivity index (χ1v) is 7.01. The van der Waals surface area contributed by atoms with Crippen LogP contribution in [0.15, 0.2) is 42.5 Å². The molecule has 2 aromatic rings. The van der Waals surface area contributed by atoms with Gasteiger partial charge in [0.1, 0.15) is 5.75 Å². The molecule has 0 unspecified atom stereocenters. The third-order valence-corrected chi connectivity index (χ3v) is 3.38. The normalized spacial score (nSPS) is 10.3. The lowest BCUT2D eigenvalue weighted by Crippen LogP contribution is -2.09. The summed E-state index contributed by atoms with van der Waals surface area (Å²) in [5.74, 6) is 0.292. The van der Waals surface area contributed by atoms with Crippen LogP contribution in [0.25, 0.3) is 0 Å². The van der Waals surface area contributed by atoms with Crippen LogP contribution in [-0.2, 0) is 11.2 Å². The van der Waals surface area contributed by atoms with Crippen molar-refractivity contribution in [3.05, 3.63) is 63.6 Å². The number of esters is 1. The smallest absolute Gasteiger partial charge is 0.311 e. The van der Waals surface area contributed by atoms with Gasteiger partial charge in [0.15, 0.2) is 0 Å². The molecule has 0 saturated carbocycles. The molecular weight excluding hydrogens is 295 g/mol. The first-order chi connectivity index (χ1) is 9.54. The molecule has 0 amide bonds. The molecule has 2 aromatic carbocycles. The van der Waals surface area contributed by atoms with Gasteiger partial charge >= 0.3 is 5.97 Å². The highest BCUT2D eigenvalue weighted by Gasteiger charge is 2.08. The quantitative estimate of drug-likeness (QED) is 0.596. The average molecular weight is 309 g/mol. The second-order valence-corrected chi connectivity index (χ2v) is 5.38. The predicted octanol–water partition coefficient (Wildman–Crippen LogP) is 4.84. The molecule has 2 nitrogen and oxygen atoms in total. The third kappa shape index (κ3) is 4.26. The number of hydrogen-bond acceptors (Lipinski definition) is 2. The SMILES string of the molecule is Cc1cc(Cl)ccc1OC(=O)CCc1ccc(Cl)cc1. The van der Waals surface area contributed by atoms with Crippen molar-refractivity contribution in [1.82, 2.24) is 0 Å². The fraction of sp³-hybridized carbons (Fsp3) is 0.188. The van der Waals surface area contributed by atoms with Crippen LogP contribution in [0.3, 0.4) is 0 Å². The van der Waals surface area contributed by atoms with Gasteiger partial charge in [-0.3, -0.25) is 4.79 Å². The molecule has 0 aliphatic rings. The van der Waals surface area contributed by atoms with Crippen molar-refractivity contribution in [2.45, 2.75) is 19.8 Å². The average Bonchev–Trinajstić information content (AvgIpc) is 2.41. The Morgan fingerprint density at radius 3 is 2.35 bits per heavy atom. The van der Waals surface area contributed by atoms with Crippen molar-refractivity contribution in [3.8, 4) is 5.75 Å². The molecule has 0 fully saturated rings. The minimum atomic E-state index is -0.259.